The van der Waals surface area contributed by atoms with Crippen LogP contribution in [0.1, 0.15) is 18.4 Å². The van der Waals surface area contributed by atoms with Gasteiger partial charge in [-0.3, -0.25) is 0 Å². The van der Waals surface area contributed by atoms with Crippen molar-refractivity contribution in [1.29, 1.82) is 0 Å². The minimum absolute atomic E-state index is 1.11. The van der Waals surface area contributed by atoms with Crippen LogP contribution in [0.2, 0.25) is 0 Å². The van der Waals surface area contributed by atoms with Crippen molar-refractivity contribution < 1.29 is 0 Å². The van der Waals surface area contributed by atoms with E-state index < -0.39 is 0 Å². The number of benzene rings is 1. The zero-order valence-electron chi connectivity index (χ0n) is 8.09. The summed E-state index contributed by atoms with van der Waals surface area (Å²) in [5, 5.41) is 2.48. The van der Waals surface area contributed by atoms with Crippen LogP contribution in [0, 0.1) is 0 Å². The van der Waals surface area contributed by atoms with E-state index in [-0.39, 0.29) is 0 Å². The number of halogens is 1. The van der Waals surface area contributed by atoms with Crippen molar-refractivity contribution in [2.75, 3.05) is 5.33 Å². The molecular formula is C12H14BrN. The van der Waals surface area contributed by atoms with Crippen molar-refractivity contribution in [3.8, 4) is 0 Å². The number of hydrogen-bond acceptors (Lipinski definition) is 0. The molecular weight excluding hydrogens is 238 g/mol. The van der Waals surface area contributed by atoms with Gasteiger partial charge in [0.05, 0.1) is 0 Å². The molecule has 0 aliphatic carbocycles. The van der Waals surface area contributed by atoms with Gasteiger partial charge in [-0.25, -0.2) is 0 Å². The maximum Gasteiger partial charge on any atom is 0.0456 e. The molecule has 1 N–H and O–H groups in total. The minimum Gasteiger partial charge on any atom is -0.361 e. The van der Waals surface area contributed by atoms with E-state index in [4.69, 9.17) is 0 Å². The summed E-state index contributed by atoms with van der Waals surface area (Å²) in [5.41, 5.74) is 2.70. The van der Waals surface area contributed by atoms with E-state index in [0.717, 1.165) is 5.33 Å². The highest BCUT2D eigenvalue weighted by Gasteiger charge is 2.01. The second-order valence-electron chi connectivity index (χ2n) is 3.51. The summed E-state index contributed by atoms with van der Waals surface area (Å²) >= 11 is 3.46. The number of aromatic nitrogens is 1. The second-order valence-corrected chi connectivity index (χ2v) is 4.30. The molecule has 2 aromatic rings. The Hall–Kier alpha value is -0.760. The van der Waals surface area contributed by atoms with E-state index in [2.05, 4.69) is 51.4 Å². The van der Waals surface area contributed by atoms with Gasteiger partial charge in [-0.2, -0.15) is 0 Å². The first kappa shape index (κ1) is 9.78. The molecule has 2 rings (SSSR count). The smallest absolute Gasteiger partial charge is 0.0456 e. The van der Waals surface area contributed by atoms with Crippen LogP contribution in [-0.2, 0) is 6.42 Å². The summed E-state index contributed by atoms with van der Waals surface area (Å²) in [6.07, 6.45) is 5.82. The van der Waals surface area contributed by atoms with Gasteiger partial charge in [0.25, 0.3) is 0 Å². The molecule has 14 heavy (non-hydrogen) atoms. The van der Waals surface area contributed by atoms with Crippen LogP contribution in [-0.4, -0.2) is 10.3 Å². The first-order valence-corrected chi connectivity index (χ1v) is 6.15. The fourth-order valence-electron chi connectivity index (χ4n) is 1.75. The highest BCUT2D eigenvalue weighted by atomic mass is 79.9. The molecule has 0 saturated carbocycles. The molecule has 0 atom stereocenters. The van der Waals surface area contributed by atoms with Crippen LogP contribution in [0.15, 0.2) is 30.5 Å². The van der Waals surface area contributed by atoms with Gasteiger partial charge in [0, 0.05) is 22.4 Å². The largest absolute Gasteiger partial charge is 0.361 e. The van der Waals surface area contributed by atoms with Gasteiger partial charge in [0.2, 0.25) is 0 Å². The molecule has 0 amide bonds. The molecule has 74 valence electrons. The summed E-state index contributed by atoms with van der Waals surface area (Å²) in [7, 11) is 0. The van der Waals surface area contributed by atoms with Crippen LogP contribution in [0.25, 0.3) is 10.9 Å². The number of nitrogens with one attached hydrogen (secondary N) is 1. The highest BCUT2D eigenvalue weighted by molar-refractivity contribution is 9.09. The summed E-state index contributed by atoms with van der Waals surface area (Å²) < 4.78 is 0. The number of fused-ring (bicyclic) bond motifs is 1. The van der Waals surface area contributed by atoms with Crippen LogP contribution in [0.4, 0.5) is 0 Å². The van der Waals surface area contributed by atoms with Crippen molar-refractivity contribution in [3.05, 3.63) is 36.0 Å². The van der Waals surface area contributed by atoms with Gasteiger partial charge in [-0.1, -0.05) is 34.1 Å². The van der Waals surface area contributed by atoms with Crippen molar-refractivity contribution in [3.63, 3.8) is 0 Å². The fourth-order valence-corrected chi connectivity index (χ4v) is 2.14. The summed E-state index contributed by atoms with van der Waals surface area (Å²) in [4.78, 5) is 3.30. The Morgan fingerprint density at radius 3 is 2.86 bits per heavy atom. The van der Waals surface area contributed by atoms with Gasteiger partial charge in [0.1, 0.15) is 0 Å². The SMILES string of the molecule is BrCCCCc1c[nH]c2ccccc12. The number of para-hydroxylation sites is 1. The Balaban J connectivity index is 2.17. The lowest BCUT2D eigenvalue weighted by Gasteiger charge is -1.97. The van der Waals surface area contributed by atoms with Gasteiger partial charge in [-0.15, -0.1) is 0 Å². The molecule has 1 aromatic heterocycles. The van der Waals surface area contributed by atoms with E-state index >= 15 is 0 Å². The first-order valence-electron chi connectivity index (χ1n) is 5.03. The molecule has 0 aliphatic rings. The molecule has 1 nitrogen and oxygen atoms in total. The van der Waals surface area contributed by atoms with Gasteiger partial charge in [0.15, 0.2) is 0 Å². The van der Waals surface area contributed by atoms with Crippen molar-refractivity contribution in [2.24, 2.45) is 0 Å². The maximum absolute atomic E-state index is 3.46. The Morgan fingerprint density at radius 2 is 2.00 bits per heavy atom. The number of rotatable bonds is 4. The summed E-state index contributed by atoms with van der Waals surface area (Å²) in [5.74, 6) is 0. The number of aromatic amines is 1. The Morgan fingerprint density at radius 1 is 1.14 bits per heavy atom. The third kappa shape index (κ3) is 2.01. The lowest BCUT2D eigenvalue weighted by atomic mass is 10.1. The maximum atomic E-state index is 3.46. The molecule has 0 fully saturated rings. The van der Waals surface area contributed by atoms with Gasteiger partial charge in [-0.05, 0) is 30.9 Å². The van der Waals surface area contributed by atoms with Crippen molar-refractivity contribution in [1.82, 2.24) is 4.98 Å². The van der Waals surface area contributed by atoms with Gasteiger partial charge < -0.3 is 4.98 Å². The Kier molecular flexibility index (Phi) is 3.25. The van der Waals surface area contributed by atoms with E-state index in [1.807, 2.05) is 0 Å². The second kappa shape index (κ2) is 4.65. The number of H-pyrrole nitrogens is 1. The molecule has 1 aromatic carbocycles. The Labute approximate surface area is 92.6 Å². The quantitative estimate of drug-likeness (QED) is 0.627. The predicted molar refractivity (Wildman–Crippen MR) is 65.0 cm³/mol. The standard InChI is InChI=1S/C12H14BrN/c13-8-4-3-5-10-9-14-12-7-2-1-6-11(10)12/h1-2,6-7,9,14H,3-5,8H2. The first-order chi connectivity index (χ1) is 6.92. The van der Waals surface area contributed by atoms with E-state index in [0.29, 0.717) is 0 Å². The topological polar surface area (TPSA) is 15.8 Å². The molecule has 0 aliphatic heterocycles. The molecule has 1 heterocycles. The van der Waals surface area contributed by atoms with E-state index in [9.17, 15) is 0 Å². The Bertz CT molecular complexity index is 405. The molecule has 0 spiro atoms. The van der Waals surface area contributed by atoms with E-state index in [1.165, 1.54) is 35.7 Å². The summed E-state index contributed by atoms with van der Waals surface area (Å²) in [6.45, 7) is 0. The van der Waals surface area contributed by atoms with Gasteiger partial charge >= 0.3 is 0 Å². The van der Waals surface area contributed by atoms with Crippen molar-refractivity contribution in [2.45, 2.75) is 19.3 Å². The highest BCUT2D eigenvalue weighted by Crippen LogP contribution is 2.19. The molecule has 0 unspecified atom stereocenters. The lowest BCUT2D eigenvalue weighted by Crippen LogP contribution is -1.83. The van der Waals surface area contributed by atoms with E-state index in [1.54, 1.807) is 0 Å². The number of alkyl halides is 1. The minimum atomic E-state index is 1.11. The van der Waals surface area contributed by atoms with Crippen LogP contribution in [0.3, 0.4) is 0 Å². The monoisotopic (exact) mass is 251 g/mol. The molecule has 0 radical (unpaired) electrons. The van der Waals surface area contributed by atoms with Crippen molar-refractivity contribution >= 4 is 26.8 Å². The zero-order chi connectivity index (χ0) is 9.80. The third-order valence-corrected chi connectivity index (χ3v) is 3.07. The fraction of sp³-hybridized carbons (Fsp3) is 0.333. The van der Waals surface area contributed by atoms with Crippen LogP contribution < -0.4 is 0 Å². The average molecular weight is 252 g/mol. The lowest BCUT2D eigenvalue weighted by molar-refractivity contribution is 0.810. The van der Waals surface area contributed by atoms with Crippen LogP contribution in [0.5, 0.6) is 0 Å². The third-order valence-electron chi connectivity index (χ3n) is 2.50. The zero-order valence-corrected chi connectivity index (χ0v) is 9.68. The molecule has 0 saturated heterocycles. The number of unbranched alkanes of at least 4 members (excludes halogenated alkanes) is 1. The summed E-state index contributed by atoms with van der Waals surface area (Å²) in [6, 6.07) is 8.49. The molecule has 0 bridgehead atoms. The average Bonchev–Trinajstić information content (AvgIpc) is 2.63. The molecule has 2 heteroatoms. The number of hydrogen-bond donors (Lipinski definition) is 1. The predicted octanol–water partition coefficient (Wildman–Crippen LogP) is 3.89. The normalized spacial score (nSPS) is 10.9. The van der Waals surface area contributed by atoms with Crippen LogP contribution >= 0.6 is 15.9 Å². The number of aryl methyl sites for hydroxylation is 1.